The summed E-state index contributed by atoms with van der Waals surface area (Å²) < 4.78 is 7.08. The Hall–Kier alpha value is -0.0500. The molecule has 1 aliphatic heterocycles. The lowest BCUT2D eigenvalue weighted by atomic mass is 9.83. The fourth-order valence-electron chi connectivity index (χ4n) is 3.11. The number of alkyl halides is 1. The van der Waals surface area contributed by atoms with E-state index in [0.29, 0.717) is 11.8 Å². The summed E-state index contributed by atoms with van der Waals surface area (Å²) in [5, 5.41) is 0.0155. The Morgan fingerprint density at radius 1 is 1.11 bits per heavy atom. The zero-order chi connectivity index (χ0) is 14.3. The molecule has 5 unspecified atom stereocenters. The summed E-state index contributed by atoms with van der Waals surface area (Å²) in [4.78, 5) is 0. The van der Waals surface area contributed by atoms with Gasteiger partial charge in [0.1, 0.15) is 0 Å². The largest absolute Gasteiger partial charge is 0.375 e. The van der Waals surface area contributed by atoms with E-state index in [9.17, 15) is 0 Å². The zero-order valence-corrected chi connectivity index (χ0v) is 14.5. The Bertz CT molecular complexity index is 474. The first-order valence-corrected chi connectivity index (χ1v) is 8.12. The summed E-state index contributed by atoms with van der Waals surface area (Å²) in [6.45, 7) is 10.8. The van der Waals surface area contributed by atoms with Crippen LogP contribution >= 0.6 is 27.5 Å². The molecule has 106 valence electrons. The van der Waals surface area contributed by atoms with E-state index in [1.54, 1.807) is 0 Å². The predicted octanol–water partition coefficient (Wildman–Crippen LogP) is 5.41. The Labute approximate surface area is 129 Å². The summed E-state index contributed by atoms with van der Waals surface area (Å²) in [6.07, 6.45) is 0.508. The van der Waals surface area contributed by atoms with E-state index in [4.69, 9.17) is 16.3 Å². The molecule has 0 N–H and O–H groups in total. The van der Waals surface area contributed by atoms with Crippen molar-refractivity contribution in [3.63, 3.8) is 0 Å². The van der Waals surface area contributed by atoms with Gasteiger partial charge in [0.2, 0.25) is 0 Å². The van der Waals surface area contributed by atoms with E-state index in [1.165, 1.54) is 16.7 Å². The van der Waals surface area contributed by atoms with E-state index in [0.717, 1.165) is 4.47 Å². The van der Waals surface area contributed by atoms with Gasteiger partial charge in [0.05, 0.1) is 17.6 Å². The molecule has 0 saturated carbocycles. The van der Waals surface area contributed by atoms with Crippen molar-refractivity contribution >= 4 is 27.5 Å². The summed E-state index contributed by atoms with van der Waals surface area (Å²) in [7, 11) is 0. The van der Waals surface area contributed by atoms with Crippen LogP contribution in [0.25, 0.3) is 0 Å². The van der Waals surface area contributed by atoms with Crippen molar-refractivity contribution in [2.45, 2.75) is 52.2 Å². The maximum Gasteiger partial charge on any atom is 0.0644 e. The lowest BCUT2D eigenvalue weighted by molar-refractivity contribution is 0.0508. The third-order valence-corrected chi connectivity index (χ3v) is 5.88. The smallest absolute Gasteiger partial charge is 0.0644 e. The third kappa shape index (κ3) is 2.86. The molecule has 0 bridgehead atoms. The molecule has 2 rings (SSSR count). The number of halogens is 2. The molecule has 1 aliphatic rings. The molecule has 5 atom stereocenters. The number of benzene rings is 1. The maximum atomic E-state index is 6.80. The Morgan fingerprint density at radius 2 is 1.74 bits per heavy atom. The van der Waals surface area contributed by atoms with Crippen LogP contribution in [0.2, 0.25) is 0 Å². The van der Waals surface area contributed by atoms with Crippen molar-refractivity contribution in [3.05, 3.63) is 33.3 Å². The molecule has 0 aromatic heterocycles. The van der Waals surface area contributed by atoms with Gasteiger partial charge in [0, 0.05) is 10.4 Å². The number of aryl methyl sites for hydroxylation is 2. The predicted molar refractivity (Wildman–Crippen MR) is 84.9 cm³/mol. The molecule has 0 aliphatic carbocycles. The first kappa shape index (κ1) is 15.3. The van der Waals surface area contributed by atoms with Gasteiger partial charge in [-0.1, -0.05) is 28.9 Å². The van der Waals surface area contributed by atoms with Crippen LogP contribution < -0.4 is 0 Å². The average molecular weight is 346 g/mol. The number of hydrogen-bond acceptors (Lipinski definition) is 1. The van der Waals surface area contributed by atoms with Crippen LogP contribution in [0.5, 0.6) is 0 Å². The number of ether oxygens (including phenoxy) is 1. The first-order valence-electron chi connectivity index (χ1n) is 6.89. The molecule has 0 radical (unpaired) electrons. The van der Waals surface area contributed by atoms with Crippen LogP contribution in [0, 0.1) is 25.7 Å². The fraction of sp³-hybridized carbons (Fsp3) is 0.625. The number of hydrogen-bond donors (Lipinski definition) is 0. The second kappa shape index (κ2) is 5.75. The number of rotatable bonds is 2. The molecule has 1 saturated heterocycles. The van der Waals surface area contributed by atoms with Gasteiger partial charge >= 0.3 is 0 Å². The molecule has 1 aromatic carbocycles. The Morgan fingerprint density at radius 3 is 2.26 bits per heavy atom. The molecule has 19 heavy (non-hydrogen) atoms. The second-order valence-corrected chi connectivity index (χ2v) is 7.17. The van der Waals surface area contributed by atoms with Crippen molar-refractivity contribution in [1.82, 2.24) is 0 Å². The molecule has 1 aromatic rings. The van der Waals surface area contributed by atoms with Gasteiger partial charge in [-0.3, -0.25) is 0 Å². The maximum absolute atomic E-state index is 6.80. The van der Waals surface area contributed by atoms with Crippen molar-refractivity contribution < 1.29 is 4.74 Å². The summed E-state index contributed by atoms with van der Waals surface area (Å²) >= 11 is 10.4. The molecule has 3 heteroatoms. The van der Waals surface area contributed by atoms with Gasteiger partial charge in [0.25, 0.3) is 0 Å². The highest BCUT2D eigenvalue weighted by Crippen LogP contribution is 2.45. The average Bonchev–Trinajstić information content (AvgIpc) is 2.57. The third-order valence-electron chi connectivity index (χ3n) is 4.50. The van der Waals surface area contributed by atoms with Crippen LogP contribution in [-0.4, -0.2) is 12.2 Å². The standard InChI is InChI=1S/C16H22BrClO/c1-8-7-14(17)9(2)6-13(8)16(18)15-10(3)11(4)19-12(15)5/h6-7,10-12,15-16H,1-5H3. The molecule has 1 heterocycles. The van der Waals surface area contributed by atoms with Crippen molar-refractivity contribution in [2.75, 3.05) is 0 Å². The van der Waals surface area contributed by atoms with Crippen molar-refractivity contribution in [1.29, 1.82) is 0 Å². The van der Waals surface area contributed by atoms with E-state index < -0.39 is 0 Å². The first-order chi connectivity index (χ1) is 8.82. The normalized spacial score (nSPS) is 32.6. The van der Waals surface area contributed by atoms with E-state index >= 15 is 0 Å². The Balaban J connectivity index is 2.34. The lowest BCUT2D eigenvalue weighted by Gasteiger charge is -2.26. The highest BCUT2D eigenvalue weighted by molar-refractivity contribution is 9.10. The quantitative estimate of drug-likeness (QED) is 0.652. The van der Waals surface area contributed by atoms with Gasteiger partial charge in [-0.2, -0.15) is 0 Å². The van der Waals surface area contributed by atoms with Crippen LogP contribution in [0.15, 0.2) is 16.6 Å². The van der Waals surface area contributed by atoms with E-state index in [1.807, 2.05) is 0 Å². The topological polar surface area (TPSA) is 9.23 Å². The van der Waals surface area contributed by atoms with Gasteiger partial charge in [-0.25, -0.2) is 0 Å². The molecule has 0 spiro atoms. The lowest BCUT2D eigenvalue weighted by Crippen LogP contribution is -2.22. The monoisotopic (exact) mass is 344 g/mol. The summed E-state index contributed by atoms with van der Waals surface area (Å²) in [5.74, 6) is 0.858. The van der Waals surface area contributed by atoms with E-state index in [-0.39, 0.29) is 17.6 Å². The van der Waals surface area contributed by atoms with Crippen LogP contribution in [0.1, 0.15) is 42.8 Å². The van der Waals surface area contributed by atoms with E-state index in [2.05, 4.69) is 62.7 Å². The SMILES string of the molecule is Cc1cc(C(Cl)C2C(C)OC(C)C2C)c(C)cc1Br. The molecular weight excluding hydrogens is 324 g/mol. The summed E-state index contributed by atoms with van der Waals surface area (Å²) in [6, 6.07) is 4.37. The second-order valence-electron chi connectivity index (χ2n) is 5.84. The molecular formula is C16H22BrClO. The van der Waals surface area contributed by atoms with Gasteiger partial charge in [-0.05, 0) is 56.4 Å². The fourth-order valence-corrected chi connectivity index (χ4v) is 4.23. The van der Waals surface area contributed by atoms with Gasteiger partial charge in [-0.15, -0.1) is 11.6 Å². The minimum absolute atomic E-state index is 0.0155. The van der Waals surface area contributed by atoms with Gasteiger partial charge < -0.3 is 4.74 Å². The van der Waals surface area contributed by atoms with Crippen LogP contribution in [0.3, 0.4) is 0 Å². The molecule has 1 fully saturated rings. The highest BCUT2D eigenvalue weighted by atomic mass is 79.9. The Kier molecular flexibility index (Phi) is 4.64. The highest BCUT2D eigenvalue weighted by Gasteiger charge is 2.41. The minimum atomic E-state index is 0.0155. The van der Waals surface area contributed by atoms with Gasteiger partial charge in [0.15, 0.2) is 0 Å². The van der Waals surface area contributed by atoms with Crippen LogP contribution in [-0.2, 0) is 4.74 Å². The van der Waals surface area contributed by atoms with Crippen molar-refractivity contribution in [2.24, 2.45) is 11.8 Å². The zero-order valence-electron chi connectivity index (χ0n) is 12.2. The minimum Gasteiger partial charge on any atom is -0.375 e. The molecule has 0 amide bonds. The van der Waals surface area contributed by atoms with Crippen molar-refractivity contribution in [3.8, 4) is 0 Å². The molecule has 1 nitrogen and oxygen atoms in total. The van der Waals surface area contributed by atoms with Crippen LogP contribution in [0.4, 0.5) is 0 Å². The summed E-state index contributed by atoms with van der Waals surface area (Å²) in [5.41, 5.74) is 3.72.